The Kier molecular flexibility index (Phi) is 2.70. The summed E-state index contributed by atoms with van der Waals surface area (Å²) < 4.78 is 0.956. The summed E-state index contributed by atoms with van der Waals surface area (Å²) in [6.07, 6.45) is 0. The van der Waals surface area contributed by atoms with E-state index < -0.39 is 5.56 Å². The van der Waals surface area contributed by atoms with Crippen molar-refractivity contribution in [3.63, 3.8) is 0 Å². The highest BCUT2D eigenvalue weighted by Crippen LogP contribution is 2.00. The van der Waals surface area contributed by atoms with E-state index in [-0.39, 0.29) is 12.5 Å². The van der Waals surface area contributed by atoms with Gasteiger partial charge in [-0.15, -0.1) is 0 Å². The van der Waals surface area contributed by atoms with Crippen LogP contribution in [-0.2, 0) is 6.54 Å². The number of hydrogen-bond donors (Lipinski definition) is 2. The first-order valence-corrected chi connectivity index (χ1v) is 4.83. The molecule has 0 saturated heterocycles. The quantitative estimate of drug-likeness (QED) is 0.760. The summed E-state index contributed by atoms with van der Waals surface area (Å²) >= 11 is 0. The number of benzene rings is 1. The van der Waals surface area contributed by atoms with Crippen molar-refractivity contribution in [3.05, 3.63) is 58.0 Å². The summed E-state index contributed by atoms with van der Waals surface area (Å²) in [7, 11) is 0. The Morgan fingerprint density at radius 1 is 1.31 bits per heavy atom. The minimum Gasteiger partial charge on any atom is -0.325 e. The van der Waals surface area contributed by atoms with Crippen LogP contribution in [0, 0.1) is 0 Å². The Hall–Kier alpha value is -2.14. The highest BCUT2D eigenvalue weighted by molar-refractivity contribution is 5.95. The van der Waals surface area contributed by atoms with Crippen LogP contribution in [0.15, 0.2) is 41.2 Å². The zero-order valence-electron chi connectivity index (χ0n) is 8.51. The molecule has 2 rings (SSSR count). The maximum atomic E-state index is 11.9. The Bertz CT molecular complexity index is 554. The summed E-state index contributed by atoms with van der Waals surface area (Å²) in [5.41, 5.74) is 5.97. The molecule has 0 spiro atoms. The van der Waals surface area contributed by atoms with Crippen molar-refractivity contribution in [2.24, 2.45) is 5.73 Å². The Morgan fingerprint density at radius 3 is 2.56 bits per heavy atom. The molecule has 3 N–H and O–H groups in total. The van der Waals surface area contributed by atoms with Gasteiger partial charge in [0.1, 0.15) is 0 Å². The molecule has 0 aliphatic carbocycles. The summed E-state index contributed by atoms with van der Waals surface area (Å²) in [5, 5.41) is 2.66. The van der Waals surface area contributed by atoms with Gasteiger partial charge in [-0.05, 0) is 12.1 Å². The highest BCUT2D eigenvalue weighted by Gasteiger charge is 2.11. The fourth-order valence-electron chi connectivity index (χ4n) is 1.41. The molecule has 0 unspecified atom stereocenters. The van der Waals surface area contributed by atoms with Crippen molar-refractivity contribution in [1.29, 1.82) is 0 Å². The van der Waals surface area contributed by atoms with E-state index in [0.717, 1.165) is 4.68 Å². The predicted molar refractivity (Wildman–Crippen MR) is 59.1 cm³/mol. The molecule has 0 radical (unpaired) electrons. The monoisotopic (exact) mass is 217 g/mol. The van der Waals surface area contributed by atoms with Crippen LogP contribution in [-0.4, -0.2) is 15.7 Å². The van der Waals surface area contributed by atoms with Crippen molar-refractivity contribution >= 4 is 5.91 Å². The molecular weight excluding hydrogens is 206 g/mol. The maximum absolute atomic E-state index is 11.9. The molecule has 2 aromatic rings. The van der Waals surface area contributed by atoms with Crippen LogP contribution in [0.1, 0.15) is 16.1 Å². The van der Waals surface area contributed by atoms with Crippen LogP contribution in [0.25, 0.3) is 0 Å². The lowest BCUT2D eigenvalue weighted by Crippen LogP contribution is -2.24. The Morgan fingerprint density at radius 2 is 2.00 bits per heavy atom. The molecular formula is C11H11N3O2. The summed E-state index contributed by atoms with van der Waals surface area (Å²) in [4.78, 5) is 23.4. The first-order chi connectivity index (χ1) is 7.72. The van der Waals surface area contributed by atoms with Gasteiger partial charge in [0.05, 0.1) is 5.69 Å². The van der Waals surface area contributed by atoms with Crippen LogP contribution in [0.4, 0.5) is 0 Å². The van der Waals surface area contributed by atoms with Gasteiger partial charge in [-0.3, -0.25) is 14.7 Å². The second-order valence-electron chi connectivity index (χ2n) is 3.33. The molecule has 1 heterocycles. The zero-order chi connectivity index (χ0) is 11.5. The Labute approximate surface area is 91.5 Å². The van der Waals surface area contributed by atoms with Gasteiger partial charge in [-0.2, -0.15) is 4.68 Å². The first-order valence-electron chi connectivity index (χ1n) is 4.83. The molecule has 1 aromatic heterocycles. The maximum Gasteiger partial charge on any atom is 0.279 e. The van der Waals surface area contributed by atoms with Gasteiger partial charge in [-0.25, -0.2) is 0 Å². The van der Waals surface area contributed by atoms with Gasteiger partial charge in [0, 0.05) is 18.2 Å². The average Bonchev–Trinajstić information content (AvgIpc) is 2.71. The summed E-state index contributed by atoms with van der Waals surface area (Å²) in [6.45, 7) is 0.199. The van der Waals surface area contributed by atoms with E-state index in [1.807, 2.05) is 0 Å². The molecule has 16 heavy (non-hydrogen) atoms. The standard InChI is InChI=1S/C11H11N3O2/c12-7-9-6-10(15)14(13-9)11(16)8-4-2-1-3-5-8/h1-6,13H,7,12H2. The lowest BCUT2D eigenvalue weighted by molar-refractivity contribution is 0.0941. The molecule has 0 amide bonds. The molecule has 0 saturated carbocycles. The van der Waals surface area contributed by atoms with E-state index in [1.54, 1.807) is 30.3 Å². The van der Waals surface area contributed by atoms with Crippen molar-refractivity contribution in [3.8, 4) is 0 Å². The fraction of sp³-hybridized carbons (Fsp3) is 0.0909. The largest absolute Gasteiger partial charge is 0.325 e. The normalized spacial score (nSPS) is 10.3. The minimum atomic E-state index is -0.394. The fourth-order valence-corrected chi connectivity index (χ4v) is 1.41. The first kappa shape index (κ1) is 10.4. The van der Waals surface area contributed by atoms with Crippen LogP contribution < -0.4 is 11.3 Å². The molecule has 0 aliphatic rings. The number of nitrogens with two attached hydrogens (primary N) is 1. The number of rotatable bonds is 2. The van der Waals surface area contributed by atoms with Gasteiger partial charge < -0.3 is 5.73 Å². The van der Waals surface area contributed by atoms with Crippen LogP contribution in [0.3, 0.4) is 0 Å². The SMILES string of the molecule is NCc1cc(=O)n(C(=O)c2ccccc2)[nH]1. The van der Waals surface area contributed by atoms with Crippen LogP contribution in [0.5, 0.6) is 0 Å². The van der Waals surface area contributed by atoms with E-state index in [0.29, 0.717) is 11.3 Å². The number of hydrogen-bond acceptors (Lipinski definition) is 3. The molecule has 0 bridgehead atoms. The number of nitrogens with one attached hydrogen (secondary N) is 1. The summed E-state index contributed by atoms with van der Waals surface area (Å²) in [5.74, 6) is -0.384. The molecule has 0 aliphatic heterocycles. The van der Waals surface area contributed by atoms with E-state index in [2.05, 4.69) is 5.10 Å². The van der Waals surface area contributed by atoms with Gasteiger partial charge in [0.15, 0.2) is 0 Å². The van der Waals surface area contributed by atoms with Crippen LogP contribution in [0.2, 0.25) is 0 Å². The van der Waals surface area contributed by atoms with E-state index in [9.17, 15) is 9.59 Å². The van der Waals surface area contributed by atoms with Crippen molar-refractivity contribution in [2.75, 3.05) is 0 Å². The lowest BCUT2D eigenvalue weighted by Gasteiger charge is -2.00. The van der Waals surface area contributed by atoms with E-state index in [4.69, 9.17) is 5.73 Å². The number of aromatic amines is 1. The van der Waals surface area contributed by atoms with Gasteiger partial charge in [0.2, 0.25) is 0 Å². The van der Waals surface area contributed by atoms with Crippen molar-refractivity contribution in [2.45, 2.75) is 6.54 Å². The number of carbonyl (C=O) groups excluding carboxylic acids is 1. The third-order valence-corrected chi connectivity index (χ3v) is 2.22. The second-order valence-corrected chi connectivity index (χ2v) is 3.33. The molecule has 0 fully saturated rings. The predicted octanol–water partition coefficient (Wildman–Crippen LogP) is 0.324. The molecule has 5 heteroatoms. The summed E-state index contributed by atoms with van der Waals surface area (Å²) in [6, 6.07) is 9.91. The average molecular weight is 217 g/mol. The number of aromatic nitrogens is 2. The number of nitrogens with zero attached hydrogens (tertiary/aromatic N) is 1. The highest BCUT2D eigenvalue weighted by atomic mass is 16.2. The van der Waals surface area contributed by atoms with Gasteiger partial charge in [-0.1, -0.05) is 18.2 Å². The van der Waals surface area contributed by atoms with Crippen LogP contribution >= 0.6 is 0 Å². The van der Waals surface area contributed by atoms with E-state index in [1.165, 1.54) is 6.07 Å². The Balaban J connectivity index is 2.42. The van der Waals surface area contributed by atoms with E-state index >= 15 is 0 Å². The minimum absolute atomic E-state index is 0.199. The molecule has 82 valence electrons. The second kappa shape index (κ2) is 4.16. The van der Waals surface area contributed by atoms with Gasteiger partial charge >= 0.3 is 0 Å². The molecule has 5 nitrogen and oxygen atoms in total. The van der Waals surface area contributed by atoms with Crippen molar-refractivity contribution < 1.29 is 4.79 Å². The van der Waals surface area contributed by atoms with Crippen molar-refractivity contribution in [1.82, 2.24) is 9.78 Å². The number of H-pyrrole nitrogens is 1. The van der Waals surface area contributed by atoms with Gasteiger partial charge in [0.25, 0.3) is 11.5 Å². The molecule has 0 atom stereocenters. The third-order valence-electron chi connectivity index (χ3n) is 2.22. The smallest absolute Gasteiger partial charge is 0.279 e. The number of carbonyl (C=O) groups is 1. The molecule has 1 aromatic carbocycles. The zero-order valence-corrected chi connectivity index (χ0v) is 8.51. The third kappa shape index (κ3) is 1.80. The lowest BCUT2D eigenvalue weighted by atomic mass is 10.2. The topological polar surface area (TPSA) is 80.9 Å².